The van der Waals surface area contributed by atoms with Crippen molar-refractivity contribution in [3.05, 3.63) is 45.7 Å². The fraction of sp³-hybridized carbons (Fsp3) is 0.214. The molecule has 0 unspecified atom stereocenters. The maximum atomic E-state index is 12.7. The van der Waals surface area contributed by atoms with Crippen LogP contribution >= 0.6 is 15.9 Å². The van der Waals surface area contributed by atoms with Crippen molar-refractivity contribution in [1.29, 1.82) is 0 Å². The van der Waals surface area contributed by atoms with Gasteiger partial charge in [0.2, 0.25) is 0 Å². The van der Waals surface area contributed by atoms with E-state index in [2.05, 4.69) is 25.9 Å². The van der Waals surface area contributed by atoms with Gasteiger partial charge in [-0.25, -0.2) is 14.8 Å². The van der Waals surface area contributed by atoms with E-state index in [1.807, 2.05) is 0 Å². The molecular formula is C14H9BrF6N4O2. The molecule has 0 bridgehead atoms. The highest BCUT2D eigenvalue weighted by atomic mass is 79.9. The Hall–Kier alpha value is -2.57. The van der Waals surface area contributed by atoms with Gasteiger partial charge in [0.25, 0.3) is 0 Å². The number of pyridine rings is 2. The number of hydrogen-bond donors (Lipinski definition) is 1. The van der Waals surface area contributed by atoms with E-state index in [0.717, 1.165) is 7.05 Å². The van der Waals surface area contributed by atoms with Gasteiger partial charge in [-0.15, -0.1) is 0 Å². The van der Waals surface area contributed by atoms with Gasteiger partial charge in [0, 0.05) is 19.4 Å². The Morgan fingerprint density at radius 3 is 2.11 bits per heavy atom. The lowest BCUT2D eigenvalue weighted by Gasteiger charge is -2.19. The number of aromatic nitrogens is 2. The van der Waals surface area contributed by atoms with Crippen LogP contribution < -0.4 is 10.8 Å². The molecule has 0 aliphatic rings. The van der Waals surface area contributed by atoms with Gasteiger partial charge in [0.1, 0.15) is 11.4 Å². The molecule has 0 aliphatic heterocycles. The number of hydrogen-bond acceptors (Lipinski definition) is 6. The highest BCUT2D eigenvalue weighted by Gasteiger charge is 2.34. The molecule has 2 N–H and O–H groups in total. The molecule has 0 saturated heterocycles. The minimum Gasteiger partial charge on any atom is -0.383 e. The van der Waals surface area contributed by atoms with Crippen molar-refractivity contribution in [1.82, 2.24) is 9.97 Å². The van der Waals surface area contributed by atoms with Crippen molar-refractivity contribution in [3.63, 3.8) is 0 Å². The molecule has 2 rings (SSSR count). The molecular weight excluding hydrogens is 450 g/mol. The number of nitrogens with zero attached hydrogens (tertiary/aromatic N) is 3. The number of carbonyl (C=O) groups is 1. The molecule has 0 atom stereocenters. The first-order valence-electron chi connectivity index (χ1n) is 6.82. The quantitative estimate of drug-likeness (QED) is 0.551. The molecule has 0 fully saturated rings. The van der Waals surface area contributed by atoms with E-state index in [1.54, 1.807) is 0 Å². The fourth-order valence-electron chi connectivity index (χ4n) is 1.83. The Bertz CT molecular complexity index is 872. The van der Waals surface area contributed by atoms with Crippen LogP contribution in [0.25, 0.3) is 0 Å². The fourth-order valence-corrected chi connectivity index (χ4v) is 2.43. The molecule has 0 aliphatic carbocycles. The van der Waals surface area contributed by atoms with E-state index < -0.39 is 40.8 Å². The Morgan fingerprint density at radius 1 is 1.07 bits per heavy atom. The topological polar surface area (TPSA) is 81.3 Å². The first-order valence-corrected chi connectivity index (χ1v) is 7.61. The van der Waals surface area contributed by atoms with Crippen LogP contribution in [-0.2, 0) is 17.2 Å². The molecule has 2 aromatic heterocycles. The number of halogens is 7. The highest BCUT2D eigenvalue weighted by molar-refractivity contribution is 9.10. The maximum absolute atomic E-state index is 12.7. The standard InChI is InChI=1S/C14H9BrF6N4O2/c1-25(11-9(15)3-7(5-24-11)14(19,20)21)27-12(26)8-2-6(13(16,17)18)4-23-10(8)22/h2-5H,1H3,(H2,22,23). The Balaban J connectivity index is 2.26. The van der Waals surface area contributed by atoms with Crippen LogP contribution in [0, 0.1) is 0 Å². The van der Waals surface area contributed by atoms with Crippen molar-refractivity contribution >= 4 is 33.5 Å². The van der Waals surface area contributed by atoms with Gasteiger partial charge in [-0.3, -0.25) is 0 Å². The van der Waals surface area contributed by atoms with E-state index in [-0.39, 0.29) is 10.3 Å². The Morgan fingerprint density at radius 2 is 1.59 bits per heavy atom. The second kappa shape index (κ2) is 7.21. The Kier molecular flexibility index (Phi) is 5.54. The third-order valence-electron chi connectivity index (χ3n) is 3.13. The van der Waals surface area contributed by atoms with E-state index in [1.165, 1.54) is 0 Å². The number of hydroxylamine groups is 1. The third-order valence-corrected chi connectivity index (χ3v) is 3.72. The van der Waals surface area contributed by atoms with Crippen molar-refractivity contribution in [2.75, 3.05) is 17.8 Å². The number of anilines is 2. The zero-order valence-corrected chi connectivity index (χ0v) is 14.8. The summed E-state index contributed by atoms with van der Waals surface area (Å²) >= 11 is 2.86. The molecule has 2 heterocycles. The molecule has 146 valence electrons. The lowest BCUT2D eigenvalue weighted by molar-refractivity contribution is -0.138. The zero-order chi connectivity index (χ0) is 20.6. The lowest BCUT2D eigenvalue weighted by Crippen LogP contribution is -2.25. The predicted octanol–water partition coefficient (Wildman–Crippen LogP) is 4.07. The van der Waals surface area contributed by atoms with Gasteiger partial charge in [0.15, 0.2) is 5.82 Å². The van der Waals surface area contributed by atoms with Gasteiger partial charge in [0.05, 0.1) is 15.6 Å². The summed E-state index contributed by atoms with van der Waals surface area (Å²) in [6.07, 6.45) is -8.45. The van der Waals surface area contributed by atoms with Gasteiger partial charge >= 0.3 is 18.3 Å². The van der Waals surface area contributed by atoms with E-state index in [9.17, 15) is 31.1 Å². The predicted molar refractivity (Wildman–Crippen MR) is 84.4 cm³/mol. The minimum atomic E-state index is -4.76. The third kappa shape index (κ3) is 4.78. The van der Waals surface area contributed by atoms with Gasteiger partial charge in [-0.05, 0) is 28.1 Å². The van der Waals surface area contributed by atoms with Crippen LogP contribution in [0.3, 0.4) is 0 Å². The lowest BCUT2D eigenvalue weighted by atomic mass is 10.2. The first kappa shape index (κ1) is 20.7. The molecule has 0 radical (unpaired) electrons. The smallest absolute Gasteiger partial charge is 0.383 e. The average molecular weight is 459 g/mol. The number of alkyl halides is 6. The number of carbonyl (C=O) groups excluding carboxylic acids is 1. The second-order valence-electron chi connectivity index (χ2n) is 5.06. The zero-order valence-electron chi connectivity index (χ0n) is 13.2. The van der Waals surface area contributed by atoms with Gasteiger partial charge < -0.3 is 10.6 Å². The summed E-state index contributed by atoms with van der Waals surface area (Å²) in [7, 11) is 1.12. The van der Waals surface area contributed by atoms with E-state index in [0.29, 0.717) is 29.6 Å². The van der Waals surface area contributed by atoms with Crippen LogP contribution in [0.5, 0.6) is 0 Å². The highest BCUT2D eigenvalue weighted by Crippen LogP contribution is 2.34. The summed E-state index contributed by atoms with van der Waals surface area (Å²) in [5.41, 5.74) is 2.46. The van der Waals surface area contributed by atoms with Gasteiger partial charge in [-0.1, -0.05) is 0 Å². The number of nitrogen functional groups attached to an aromatic ring is 1. The molecule has 0 aromatic carbocycles. The van der Waals surface area contributed by atoms with Crippen LogP contribution in [-0.4, -0.2) is 23.0 Å². The summed E-state index contributed by atoms with van der Waals surface area (Å²) in [5, 5.41) is 0.673. The summed E-state index contributed by atoms with van der Waals surface area (Å²) in [5.74, 6) is -2.04. The van der Waals surface area contributed by atoms with Crippen LogP contribution in [0.1, 0.15) is 21.5 Å². The number of nitrogens with two attached hydrogens (primary N) is 1. The summed E-state index contributed by atoms with van der Waals surface area (Å²) in [6.45, 7) is 0. The molecule has 6 nitrogen and oxygen atoms in total. The van der Waals surface area contributed by atoms with Crippen molar-refractivity contribution in [2.45, 2.75) is 12.4 Å². The summed E-state index contributed by atoms with van der Waals surface area (Å²) < 4.78 is 75.9. The molecule has 2 aromatic rings. The van der Waals surface area contributed by atoms with E-state index >= 15 is 0 Å². The van der Waals surface area contributed by atoms with Crippen LogP contribution in [0.4, 0.5) is 38.0 Å². The number of rotatable bonds is 3. The molecule has 27 heavy (non-hydrogen) atoms. The van der Waals surface area contributed by atoms with Crippen molar-refractivity contribution in [2.24, 2.45) is 0 Å². The summed E-state index contributed by atoms with van der Waals surface area (Å²) in [6, 6.07) is 1.15. The van der Waals surface area contributed by atoms with Crippen molar-refractivity contribution < 1.29 is 36.0 Å². The van der Waals surface area contributed by atoms with Crippen LogP contribution in [0.15, 0.2) is 29.0 Å². The Labute approximate surface area is 156 Å². The summed E-state index contributed by atoms with van der Waals surface area (Å²) in [4.78, 5) is 23.7. The normalized spacial score (nSPS) is 12.0. The average Bonchev–Trinajstić information content (AvgIpc) is 2.52. The molecule has 13 heteroatoms. The monoisotopic (exact) mass is 458 g/mol. The second-order valence-corrected chi connectivity index (χ2v) is 5.91. The van der Waals surface area contributed by atoms with Crippen LogP contribution in [0.2, 0.25) is 0 Å². The maximum Gasteiger partial charge on any atom is 0.417 e. The van der Waals surface area contributed by atoms with Gasteiger partial charge in [-0.2, -0.15) is 31.4 Å². The molecule has 0 saturated carbocycles. The largest absolute Gasteiger partial charge is 0.417 e. The van der Waals surface area contributed by atoms with E-state index in [4.69, 9.17) is 10.6 Å². The first-order chi connectivity index (χ1) is 12.3. The van der Waals surface area contributed by atoms with Crippen molar-refractivity contribution in [3.8, 4) is 0 Å². The minimum absolute atomic E-state index is 0.164. The molecule has 0 amide bonds. The SMILES string of the molecule is CN(OC(=O)c1cc(C(F)(F)F)cnc1N)c1ncc(C(F)(F)F)cc1Br. The molecule has 0 spiro atoms.